The highest BCUT2D eigenvalue weighted by Crippen LogP contribution is 2.16. The molecule has 1 aliphatic heterocycles. The standard InChI is InChI=1S/C18H21N3O2/c22-17(19-9-10-21-11-13-23-14-12-21)7-6-16-4-1-3-15-5-2-8-20-18(15)16/h1-8H,9-14H2,(H,19,22). The van der Waals surface area contributed by atoms with Crippen LogP contribution >= 0.6 is 0 Å². The third-order valence-electron chi connectivity index (χ3n) is 3.91. The summed E-state index contributed by atoms with van der Waals surface area (Å²) in [4.78, 5) is 18.6. The lowest BCUT2D eigenvalue weighted by Crippen LogP contribution is -2.41. The van der Waals surface area contributed by atoms with Crippen LogP contribution in [0.4, 0.5) is 0 Å². The molecule has 120 valence electrons. The highest BCUT2D eigenvalue weighted by molar-refractivity contribution is 5.95. The van der Waals surface area contributed by atoms with Crippen LogP contribution in [0.5, 0.6) is 0 Å². The molecule has 1 amide bonds. The average Bonchev–Trinajstić information content (AvgIpc) is 2.61. The zero-order valence-electron chi connectivity index (χ0n) is 13.1. The summed E-state index contributed by atoms with van der Waals surface area (Å²) in [6, 6.07) is 9.88. The summed E-state index contributed by atoms with van der Waals surface area (Å²) in [6.07, 6.45) is 5.16. The quantitative estimate of drug-likeness (QED) is 0.854. The average molecular weight is 311 g/mol. The maximum atomic E-state index is 11.9. The SMILES string of the molecule is O=C(C=Cc1cccc2cccnc12)NCCN1CCOCC1. The molecule has 0 unspecified atom stereocenters. The number of nitrogens with zero attached hydrogens (tertiary/aromatic N) is 2. The fourth-order valence-electron chi connectivity index (χ4n) is 2.65. The first-order valence-electron chi connectivity index (χ1n) is 7.93. The number of nitrogens with one attached hydrogen (secondary N) is 1. The van der Waals surface area contributed by atoms with Crippen LogP contribution in [0.1, 0.15) is 5.56 Å². The summed E-state index contributed by atoms with van der Waals surface area (Å²) in [6.45, 7) is 4.94. The van der Waals surface area contributed by atoms with Crippen LogP contribution in [-0.2, 0) is 9.53 Å². The number of carbonyl (C=O) groups is 1. The third kappa shape index (κ3) is 4.37. The van der Waals surface area contributed by atoms with Crippen LogP contribution in [-0.4, -0.2) is 55.2 Å². The number of pyridine rings is 1. The lowest BCUT2D eigenvalue weighted by atomic mass is 10.1. The van der Waals surface area contributed by atoms with Gasteiger partial charge in [-0.05, 0) is 12.1 Å². The van der Waals surface area contributed by atoms with Crippen LogP contribution in [0.15, 0.2) is 42.6 Å². The Bertz CT molecular complexity index is 688. The van der Waals surface area contributed by atoms with E-state index in [4.69, 9.17) is 4.74 Å². The normalized spacial score (nSPS) is 16.0. The molecule has 1 aromatic heterocycles. The van der Waals surface area contributed by atoms with Crippen LogP contribution in [0, 0.1) is 0 Å². The Morgan fingerprint density at radius 3 is 2.96 bits per heavy atom. The van der Waals surface area contributed by atoms with Crippen molar-refractivity contribution >= 4 is 22.9 Å². The van der Waals surface area contributed by atoms with E-state index < -0.39 is 0 Å². The van der Waals surface area contributed by atoms with E-state index in [1.54, 1.807) is 12.3 Å². The molecular formula is C18H21N3O2. The zero-order valence-corrected chi connectivity index (χ0v) is 13.1. The fraction of sp³-hybridized carbons (Fsp3) is 0.333. The number of para-hydroxylation sites is 1. The van der Waals surface area contributed by atoms with E-state index in [2.05, 4.69) is 15.2 Å². The van der Waals surface area contributed by atoms with E-state index in [1.807, 2.05) is 36.4 Å². The van der Waals surface area contributed by atoms with Crippen molar-refractivity contribution in [3.63, 3.8) is 0 Å². The molecule has 23 heavy (non-hydrogen) atoms. The lowest BCUT2D eigenvalue weighted by Gasteiger charge is -2.26. The molecule has 1 fully saturated rings. The predicted molar refractivity (Wildman–Crippen MR) is 91.0 cm³/mol. The number of morpholine rings is 1. The Kier molecular flexibility index (Phi) is 5.34. The van der Waals surface area contributed by atoms with Crippen molar-refractivity contribution in [2.75, 3.05) is 39.4 Å². The van der Waals surface area contributed by atoms with Crippen molar-refractivity contribution in [1.29, 1.82) is 0 Å². The van der Waals surface area contributed by atoms with Crippen LogP contribution in [0.2, 0.25) is 0 Å². The van der Waals surface area contributed by atoms with Gasteiger partial charge in [-0.1, -0.05) is 24.3 Å². The van der Waals surface area contributed by atoms with E-state index in [9.17, 15) is 4.79 Å². The van der Waals surface area contributed by atoms with E-state index >= 15 is 0 Å². The number of aromatic nitrogens is 1. The molecule has 3 rings (SSSR count). The van der Waals surface area contributed by atoms with Crippen LogP contribution in [0.25, 0.3) is 17.0 Å². The Labute approximate surface area is 136 Å². The van der Waals surface area contributed by atoms with E-state index in [1.165, 1.54) is 0 Å². The van der Waals surface area contributed by atoms with Crippen molar-refractivity contribution in [3.8, 4) is 0 Å². The number of fused-ring (bicyclic) bond motifs is 1. The number of hydrogen-bond donors (Lipinski definition) is 1. The van der Waals surface area contributed by atoms with E-state index in [0.29, 0.717) is 6.54 Å². The van der Waals surface area contributed by atoms with Gasteiger partial charge in [0.1, 0.15) is 0 Å². The number of hydrogen-bond acceptors (Lipinski definition) is 4. The summed E-state index contributed by atoms with van der Waals surface area (Å²) in [5, 5.41) is 3.99. The maximum absolute atomic E-state index is 11.9. The molecule has 2 heterocycles. The number of amides is 1. The van der Waals surface area contributed by atoms with Gasteiger partial charge in [0.05, 0.1) is 18.7 Å². The summed E-state index contributed by atoms with van der Waals surface area (Å²) in [7, 11) is 0. The molecule has 1 aromatic carbocycles. The number of benzene rings is 1. The van der Waals surface area contributed by atoms with Crippen LogP contribution < -0.4 is 5.32 Å². The second-order valence-electron chi connectivity index (χ2n) is 5.50. The number of carbonyl (C=O) groups excluding carboxylic acids is 1. The molecule has 5 heteroatoms. The fourth-order valence-corrected chi connectivity index (χ4v) is 2.65. The Morgan fingerprint density at radius 1 is 1.26 bits per heavy atom. The summed E-state index contributed by atoms with van der Waals surface area (Å²) in [5.41, 5.74) is 1.86. The minimum absolute atomic E-state index is 0.0776. The Hall–Kier alpha value is -2.24. The van der Waals surface area contributed by atoms with Crippen LogP contribution in [0.3, 0.4) is 0 Å². The molecule has 0 radical (unpaired) electrons. The van der Waals surface area contributed by atoms with Crippen molar-refractivity contribution in [3.05, 3.63) is 48.2 Å². The molecule has 2 aromatic rings. The van der Waals surface area contributed by atoms with Gasteiger partial charge in [-0.25, -0.2) is 0 Å². The molecule has 1 aliphatic rings. The molecule has 1 saturated heterocycles. The molecule has 0 bridgehead atoms. The van der Waals surface area contributed by atoms with Gasteiger partial charge in [0, 0.05) is 49.4 Å². The molecule has 0 aliphatic carbocycles. The van der Waals surface area contributed by atoms with Gasteiger partial charge >= 0.3 is 0 Å². The van der Waals surface area contributed by atoms with Gasteiger partial charge in [0.2, 0.25) is 5.91 Å². The second-order valence-corrected chi connectivity index (χ2v) is 5.50. The van der Waals surface area contributed by atoms with Crippen molar-refractivity contribution < 1.29 is 9.53 Å². The molecule has 0 spiro atoms. The first kappa shape index (κ1) is 15.6. The number of rotatable bonds is 5. The topological polar surface area (TPSA) is 54.5 Å². The highest BCUT2D eigenvalue weighted by atomic mass is 16.5. The van der Waals surface area contributed by atoms with Gasteiger partial charge in [0.25, 0.3) is 0 Å². The monoisotopic (exact) mass is 311 g/mol. The van der Waals surface area contributed by atoms with Gasteiger partial charge in [-0.3, -0.25) is 14.7 Å². The van der Waals surface area contributed by atoms with Crippen molar-refractivity contribution in [1.82, 2.24) is 15.2 Å². The largest absolute Gasteiger partial charge is 0.379 e. The first-order chi connectivity index (χ1) is 11.3. The van der Waals surface area contributed by atoms with E-state index in [-0.39, 0.29) is 5.91 Å². The van der Waals surface area contributed by atoms with Gasteiger partial charge in [0.15, 0.2) is 0 Å². The Balaban J connectivity index is 1.53. The second kappa shape index (κ2) is 7.85. The zero-order chi connectivity index (χ0) is 15.9. The first-order valence-corrected chi connectivity index (χ1v) is 7.93. The molecular weight excluding hydrogens is 290 g/mol. The lowest BCUT2D eigenvalue weighted by molar-refractivity contribution is -0.116. The van der Waals surface area contributed by atoms with Crippen molar-refractivity contribution in [2.24, 2.45) is 0 Å². The highest BCUT2D eigenvalue weighted by Gasteiger charge is 2.09. The minimum Gasteiger partial charge on any atom is -0.379 e. The third-order valence-corrected chi connectivity index (χ3v) is 3.91. The van der Waals surface area contributed by atoms with Gasteiger partial charge in [-0.2, -0.15) is 0 Å². The number of ether oxygens (including phenoxy) is 1. The minimum atomic E-state index is -0.0776. The Morgan fingerprint density at radius 2 is 2.09 bits per heavy atom. The predicted octanol–water partition coefficient (Wildman–Crippen LogP) is 1.70. The van der Waals surface area contributed by atoms with Gasteiger partial charge in [-0.15, -0.1) is 0 Å². The van der Waals surface area contributed by atoms with E-state index in [0.717, 1.165) is 49.3 Å². The molecule has 0 saturated carbocycles. The van der Waals surface area contributed by atoms with Crippen molar-refractivity contribution in [2.45, 2.75) is 0 Å². The molecule has 0 atom stereocenters. The molecule has 5 nitrogen and oxygen atoms in total. The van der Waals surface area contributed by atoms with Gasteiger partial charge < -0.3 is 10.1 Å². The summed E-state index contributed by atoms with van der Waals surface area (Å²) in [5.74, 6) is -0.0776. The molecule has 1 N–H and O–H groups in total. The maximum Gasteiger partial charge on any atom is 0.244 e. The smallest absolute Gasteiger partial charge is 0.244 e. The summed E-state index contributed by atoms with van der Waals surface area (Å²) < 4.78 is 5.30. The summed E-state index contributed by atoms with van der Waals surface area (Å²) >= 11 is 0.